The first kappa shape index (κ1) is 18.5. The molecule has 0 radical (unpaired) electrons. The molecule has 1 unspecified atom stereocenters. The fourth-order valence-corrected chi connectivity index (χ4v) is 3.82. The van der Waals surface area contributed by atoms with Crippen LogP contribution in [-0.2, 0) is 9.59 Å². The lowest BCUT2D eigenvalue weighted by Crippen LogP contribution is -2.50. The largest absolute Gasteiger partial charge is 0.495 e. The Morgan fingerprint density at radius 1 is 1.19 bits per heavy atom. The van der Waals surface area contributed by atoms with E-state index in [4.69, 9.17) is 4.74 Å². The number of likely N-dealkylation sites (tertiary alicyclic amines) is 1. The molecular formula is C20H29N3O3. The number of methoxy groups -OCH3 is 1. The molecule has 0 spiro atoms. The van der Waals surface area contributed by atoms with Crippen molar-refractivity contribution in [3.63, 3.8) is 0 Å². The fourth-order valence-electron chi connectivity index (χ4n) is 3.82. The molecule has 6 heteroatoms. The average molecular weight is 359 g/mol. The molecule has 0 saturated carbocycles. The molecule has 0 bridgehead atoms. The van der Waals surface area contributed by atoms with E-state index in [1.807, 2.05) is 28.0 Å². The lowest BCUT2D eigenvalue weighted by Gasteiger charge is -2.37. The van der Waals surface area contributed by atoms with Gasteiger partial charge in [-0.1, -0.05) is 25.5 Å². The Kier molecular flexibility index (Phi) is 6.01. The molecule has 26 heavy (non-hydrogen) atoms. The number of rotatable bonds is 6. The van der Waals surface area contributed by atoms with Crippen LogP contribution in [-0.4, -0.2) is 68.0 Å². The summed E-state index contributed by atoms with van der Waals surface area (Å²) < 4.78 is 5.44. The number of hydrogen-bond donors (Lipinski definition) is 0. The summed E-state index contributed by atoms with van der Waals surface area (Å²) in [5, 5.41) is 0. The highest BCUT2D eigenvalue weighted by Gasteiger charge is 2.37. The first-order chi connectivity index (χ1) is 12.6. The number of anilines is 1. The van der Waals surface area contributed by atoms with Crippen molar-refractivity contribution in [3.8, 4) is 5.75 Å². The van der Waals surface area contributed by atoms with Gasteiger partial charge < -0.3 is 19.4 Å². The Morgan fingerprint density at radius 3 is 2.62 bits per heavy atom. The van der Waals surface area contributed by atoms with Gasteiger partial charge >= 0.3 is 0 Å². The molecule has 1 aromatic carbocycles. The summed E-state index contributed by atoms with van der Waals surface area (Å²) >= 11 is 0. The van der Waals surface area contributed by atoms with E-state index in [-0.39, 0.29) is 17.7 Å². The standard InChI is InChI=1S/C20H29N3O3/c1-3-4-9-23-15-16(14-19(23)24)20(25)22-12-10-21(11-13-22)17-7-5-6-8-18(17)26-2/h5-8,16H,3-4,9-15H2,1-2H3. The van der Waals surface area contributed by atoms with E-state index in [9.17, 15) is 9.59 Å². The van der Waals surface area contributed by atoms with Gasteiger partial charge in [0.05, 0.1) is 18.7 Å². The van der Waals surface area contributed by atoms with Gasteiger partial charge in [-0.3, -0.25) is 9.59 Å². The number of unbranched alkanes of at least 4 members (excludes halogenated alkanes) is 1. The zero-order valence-corrected chi connectivity index (χ0v) is 15.8. The van der Waals surface area contributed by atoms with E-state index < -0.39 is 0 Å². The van der Waals surface area contributed by atoms with E-state index in [1.54, 1.807) is 7.11 Å². The lowest BCUT2D eigenvalue weighted by molar-refractivity contribution is -0.136. The molecular weight excluding hydrogens is 330 g/mol. The van der Waals surface area contributed by atoms with Crippen LogP contribution in [0.4, 0.5) is 5.69 Å². The van der Waals surface area contributed by atoms with Crippen LogP contribution in [0.2, 0.25) is 0 Å². The number of amides is 2. The highest BCUT2D eigenvalue weighted by Crippen LogP contribution is 2.29. The zero-order chi connectivity index (χ0) is 18.5. The highest BCUT2D eigenvalue weighted by molar-refractivity contribution is 5.89. The summed E-state index contributed by atoms with van der Waals surface area (Å²) in [7, 11) is 1.68. The fraction of sp³-hybridized carbons (Fsp3) is 0.600. The molecule has 2 heterocycles. The van der Waals surface area contributed by atoms with Crippen molar-refractivity contribution >= 4 is 17.5 Å². The molecule has 2 amide bonds. The van der Waals surface area contributed by atoms with Crippen LogP contribution < -0.4 is 9.64 Å². The molecule has 2 aliphatic rings. The first-order valence-electron chi connectivity index (χ1n) is 9.58. The Hall–Kier alpha value is -2.24. The van der Waals surface area contributed by atoms with Crippen molar-refractivity contribution in [2.45, 2.75) is 26.2 Å². The molecule has 3 rings (SSSR count). The van der Waals surface area contributed by atoms with E-state index in [2.05, 4.69) is 17.9 Å². The maximum absolute atomic E-state index is 12.8. The van der Waals surface area contributed by atoms with Crippen LogP contribution in [0.15, 0.2) is 24.3 Å². The third kappa shape index (κ3) is 3.94. The predicted octanol–water partition coefficient (Wildman–Crippen LogP) is 1.99. The van der Waals surface area contributed by atoms with Gasteiger partial charge in [-0.05, 0) is 18.6 Å². The molecule has 142 valence electrons. The van der Waals surface area contributed by atoms with Crippen LogP contribution in [0.5, 0.6) is 5.75 Å². The number of para-hydroxylation sites is 2. The maximum Gasteiger partial charge on any atom is 0.228 e. The SMILES string of the molecule is CCCCN1CC(C(=O)N2CCN(c3ccccc3OC)CC2)CC1=O. The highest BCUT2D eigenvalue weighted by atomic mass is 16.5. The molecule has 1 atom stereocenters. The second-order valence-corrected chi connectivity index (χ2v) is 7.08. The minimum absolute atomic E-state index is 0.129. The quantitative estimate of drug-likeness (QED) is 0.780. The molecule has 0 aliphatic carbocycles. The van der Waals surface area contributed by atoms with E-state index in [0.29, 0.717) is 26.1 Å². The number of carbonyl (C=O) groups is 2. The van der Waals surface area contributed by atoms with Gasteiger partial charge in [-0.2, -0.15) is 0 Å². The van der Waals surface area contributed by atoms with Crippen LogP contribution >= 0.6 is 0 Å². The summed E-state index contributed by atoms with van der Waals surface area (Å²) in [5.74, 6) is 0.957. The second kappa shape index (κ2) is 8.43. The molecule has 6 nitrogen and oxygen atoms in total. The monoisotopic (exact) mass is 359 g/mol. The summed E-state index contributed by atoms with van der Waals surface area (Å²) in [5.41, 5.74) is 1.07. The van der Waals surface area contributed by atoms with Crippen LogP contribution in [0, 0.1) is 5.92 Å². The van der Waals surface area contributed by atoms with Crippen molar-refractivity contribution in [1.82, 2.24) is 9.80 Å². The summed E-state index contributed by atoms with van der Waals surface area (Å²) in [4.78, 5) is 31.0. The van der Waals surface area contributed by atoms with Gasteiger partial charge in [0.2, 0.25) is 11.8 Å². The van der Waals surface area contributed by atoms with E-state index >= 15 is 0 Å². The lowest BCUT2D eigenvalue weighted by atomic mass is 10.1. The van der Waals surface area contributed by atoms with Gasteiger partial charge in [0, 0.05) is 45.7 Å². The number of ether oxygens (including phenoxy) is 1. The van der Waals surface area contributed by atoms with Crippen molar-refractivity contribution in [3.05, 3.63) is 24.3 Å². The van der Waals surface area contributed by atoms with Gasteiger partial charge in [-0.15, -0.1) is 0 Å². The normalized spacial score (nSPS) is 20.6. The average Bonchev–Trinajstić information content (AvgIpc) is 3.06. The molecule has 2 aliphatic heterocycles. The minimum atomic E-state index is -0.169. The molecule has 0 aromatic heterocycles. The van der Waals surface area contributed by atoms with Crippen LogP contribution in [0.1, 0.15) is 26.2 Å². The van der Waals surface area contributed by atoms with Crippen molar-refractivity contribution in [1.29, 1.82) is 0 Å². The van der Waals surface area contributed by atoms with Gasteiger partial charge in [0.1, 0.15) is 5.75 Å². The Bertz CT molecular complexity index is 641. The summed E-state index contributed by atoms with van der Waals surface area (Å²) in [6.45, 7) is 6.43. The van der Waals surface area contributed by atoms with E-state index in [1.165, 1.54) is 0 Å². The van der Waals surface area contributed by atoms with Crippen molar-refractivity contribution in [2.75, 3.05) is 51.3 Å². The van der Waals surface area contributed by atoms with Gasteiger partial charge in [-0.25, -0.2) is 0 Å². The molecule has 2 fully saturated rings. The van der Waals surface area contributed by atoms with Crippen molar-refractivity contribution < 1.29 is 14.3 Å². The molecule has 2 saturated heterocycles. The smallest absolute Gasteiger partial charge is 0.228 e. The van der Waals surface area contributed by atoms with Gasteiger partial charge in [0.15, 0.2) is 0 Å². The summed E-state index contributed by atoms with van der Waals surface area (Å²) in [6, 6.07) is 7.98. The van der Waals surface area contributed by atoms with E-state index in [0.717, 1.165) is 43.9 Å². The Balaban J connectivity index is 1.55. The predicted molar refractivity (Wildman–Crippen MR) is 101 cm³/mol. The number of benzene rings is 1. The second-order valence-electron chi connectivity index (χ2n) is 7.08. The van der Waals surface area contributed by atoms with Crippen molar-refractivity contribution in [2.24, 2.45) is 5.92 Å². The molecule has 0 N–H and O–H groups in total. The molecule has 1 aromatic rings. The Morgan fingerprint density at radius 2 is 1.92 bits per heavy atom. The third-order valence-corrected chi connectivity index (χ3v) is 5.36. The summed E-state index contributed by atoms with van der Waals surface area (Å²) in [6.07, 6.45) is 2.44. The minimum Gasteiger partial charge on any atom is -0.495 e. The Labute approximate surface area is 155 Å². The van der Waals surface area contributed by atoms with Crippen LogP contribution in [0.25, 0.3) is 0 Å². The number of carbonyl (C=O) groups excluding carboxylic acids is 2. The zero-order valence-electron chi connectivity index (χ0n) is 15.8. The number of nitrogens with zero attached hydrogens (tertiary/aromatic N) is 3. The van der Waals surface area contributed by atoms with Gasteiger partial charge in [0.25, 0.3) is 0 Å². The number of piperazine rings is 1. The maximum atomic E-state index is 12.8. The van der Waals surface area contributed by atoms with Crippen LogP contribution in [0.3, 0.4) is 0 Å². The topological polar surface area (TPSA) is 53.1 Å². The first-order valence-corrected chi connectivity index (χ1v) is 9.58. The third-order valence-electron chi connectivity index (χ3n) is 5.36. The number of hydrogen-bond acceptors (Lipinski definition) is 4.